The molecular formula is C14H23N5S2. The number of anilines is 2. The van der Waals surface area contributed by atoms with Crippen molar-refractivity contribution >= 4 is 33.7 Å². The highest BCUT2D eigenvalue weighted by Gasteiger charge is 2.23. The SMILES string of the molecule is CCN(c1snc(N)c1-c1csc(C)n1)C(C)CN(C)C. The summed E-state index contributed by atoms with van der Waals surface area (Å²) in [6.07, 6.45) is 0. The maximum Gasteiger partial charge on any atom is 0.148 e. The zero-order valence-corrected chi connectivity index (χ0v) is 14.9. The second kappa shape index (κ2) is 6.72. The summed E-state index contributed by atoms with van der Waals surface area (Å²) >= 11 is 3.11. The van der Waals surface area contributed by atoms with Crippen molar-refractivity contribution in [3.8, 4) is 11.3 Å². The van der Waals surface area contributed by atoms with Gasteiger partial charge >= 0.3 is 0 Å². The van der Waals surface area contributed by atoms with Gasteiger partial charge in [-0.15, -0.1) is 11.3 Å². The van der Waals surface area contributed by atoms with Gasteiger partial charge in [0.05, 0.1) is 16.3 Å². The molecule has 2 aromatic rings. The fourth-order valence-electron chi connectivity index (χ4n) is 2.49. The molecular weight excluding hydrogens is 302 g/mol. The van der Waals surface area contributed by atoms with Crippen LogP contribution in [0.25, 0.3) is 11.3 Å². The van der Waals surface area contributed by atoms with Crippen molar-refractivity contribution in [1.29, 1.82) is 0 Å². The Hall–Kier alpha value is -1.18. The zero-order chi connectivity index (χ0) is 15.6. The van der Waals surface area contributed by atoms with Gasteiger partial charge in [-0.3, -0.25) is 0 Å². The molecule has 0 saturated carbocycles. The normalized spacial score (nSPS) is 12.9. The van der Waals surface area contributed by atoms with E-state index in [4.69, 9.17) is 5.73 Å². The van der Waals surface area contributed by atoms with Gasteiger partial charge in [0.1, 0.15) is 10.8 Å². The van der Waals surface area contributed by atoms with Crippen LogP contribution in [0.4, 0.5) is 10.8 Å². The molecule has 0 saturated heterocycles. The molecule has 0 fully saturated rings. The Morgan fingerprint density at radius 1 is 1.38 bits per heavy atom. The number of hydrogen-bond acceptors (Lipinski definition) is 7. The van der Waals surface area contributed by atoms with Crippen LogP contribution in [0.2, 0.25) is 0 Å². The first kappa shape index (κ1) is 16.2. The molecule has 2 rings (SSSR count). The van der Waals surface area contributed by atoms with E-state index in [1.807, 2.05) is 6.92 Å². The summed E-state index contributed by atoms with van der Waals surface area (Å²) in [6, 6.07) is 0.392. The van der Waals surface area contributed by atoms with Crippen molar-refractivity contribution in [3.63, 3.8) is 0 Å². The van der Waals surface area contributed by atoms with Gasteiger partial charge in [-0.05, 0) is 46.4 Å². The minimum absolute atomic E-state index is 0.392. The van der Waals surface area contributed by atoms with Gasteiger partial charge in [0.15, 0.2) is 0 Å². The van der Waals surface area contributed by atoms with Crippen molar-refractivity contribution in [2.45, 2.75) is 26.8 Å². The second-order valence-electron chi connectivity index (χ2n) is 5.40. The van der Waals surface area contributed by atoms with E-state index in [-0.39, 0.29) is 0 Å². The van der Waals surface area contributed by atoms with Gasteiger partial charge in [-0.25, -0.2) is 4.98 Å². The quantitative estimate of drug-likeness (QED) is 0.885. The predicted octanol–water partition coefficient (Wildman–Crippen LogP) is 2.93. The monoisotopic (exact) mass is 325 g/mol. The molecule has 2 heterocycles. The molecule has 21 heavy (non-hydrogen) atoms. The molecule has 0 aliphatic heterocycles. The number of nitrogen functional groups attached to an aromatic ring is 1. The Labute approximate surface area is 134 Å². The van der Waals surface area contributed by atoms with Gasteiger partial charge in [0.25, 0.3) is 0 Å². The van der Waals surface area contributed by atoms with Crippen LogP contribution >= 0.6 is 22.9 Å². The lowest BCUT2D eigenvalue weighted by atomic mass is 10.2. The zero-order valence-electron chi connectivity index (χ0n) is 13.3. The maximum absolute atomic E-state index is 6.10. The highest BCUT2D eigenvalue weighted by Crippen LogP contribution is 2.40. The van der Waals surface area contributed by atoms with Gasteiger partial charge in [-0.2, -0.15) is 4.37 Å². The van der Waals surface area contributed by atoms with Gasteiger partial charge in [0.2, 0.25) is 0 Å². The van der Waals surface area contributed by atoms with Crippen molar-refractivity contribution in [1.82, 2.24) is 14.3 Å². The average Bonchev–Trinajstić information content (AvgIpc) is 2.96. The Balaban J connectivity index is 2.39. The van der Waals surface area contributed by atoms with Crippen molar-refractivity contribution < 1.29 is 0 Å². The summed E-state index contributed by atoms with van der Waals surface area (Å²) in [6.45, 7) is 8.32. The first-order chi connectivity index (χ1) is 9.93. The predicted molar refractivity (Wildman–Crippen MR) is 93.4 cm³/mol. The van der Waals surface area contributed by atoms with Crippen LogP contribution in [0.1, 0.15) is 18.9 Å². The van der Waals surface area contributed by atoms with Crippen molar-refractivity contribution in [2.75, 3.05) is 37.8 Å². The fourth-order valence-corrected chi connectivity index (χ4v) is 4.09. The van der Waals surface area contributed by atoms with Gasteiger partial charge in [0, 0.05) is 24.5 Å². The largest absolute Gasteiger partial charge is 0.382 e. The molecule has 2 aromatic heterocycles. The first-order valence-corrected chi connectivity index (χ1v) is 8.68. The van der Waals surface area contributed by atoms with Crippen LogP contribution in [-0.2, 0) is 0 Å². The number of likely N-dealkylation sites (N-methyl/N-ethyl adjacent to an activating group) is 2. The highest BCUT2D eigenvalue weighted by molar-refractivity contribution is 7.11. The lowest BCUT2D eigenvalue weighted by Gasteiger charge is -2.31. The number of aromatic nitrogens is 2. The third-order valence-corrected chi connectivity index (χ3v) is 5.01. The summed E-state index contributed by atoms with van der Waals surface area (Å²) in [5, 5.41) is 4.23. The second-order valence-corrected chi connectivity index (χ2v) is 7.21. The summed E-state index contributed by atoms with van der Waals surface area (Å²) in [5.41, 5.74) is 8.03. The van der Waals surface area contributed by atoms with Crippen LogP contribution in [0.15, 0.2) is 5.38 Å². The van der Waals surface area contributed by atoms with Gasteiger partial charge < -0.3 is 15.5 Å². The highest BCUT2D eigenvalue weighted by atomic mass is 32.1. The first-order valence-electron chi connectivity index (χ1n) is 7.03. The molecule has 0 radical (unpaired) electrons. The van der Waals surface area contributed by atoms with E-state index >= 15 is 0 Å². The molecule has 2 N–H and O–H groups in total. The van der Waals surface area contributed by atoms with Crippen LogP contribution in [-0.4, -0.2) is 47.5 Å². The molecule has 0 bridgehead atoms. The lowest BCUT2D eigenvalue weighted by Crippen LogP contribution is -2.39. The van der Waals surface area contributed by atoms with Crippen LogP contribution in [0.5, 0.6) is 0 Å². The number of nitrogens with two attached hydrogens (primary N) is 1. The van der Waals surface area contributed by atoms with Crippen molar-refractivity contribution in [3.05, 3.63) is 10.4 Å². The average molecular weight is 326 g/mol. The van der Waals surface area contributed by atoms with Crippen molar-refractivity contribution in [2.24, 2.45) is 0 Å². The molecule has 0 aliphatic rings. The molecule has 1 atom stereocenters. The van der Waals surface area contributed by atoms with Crippen LogP contribution < -0.4 is 10.6 Å². The number of hydrogen-bond donors (Lipinski definition) is 1. The summed E-state index contributed by atoms with van der Waals surface area (Å²) in [4.78, 5) is 9.14. The van der Waals surface area contributed by atoms with E-state index in [0.717, 1.165) is 34.4 Å². The fraction of sp³-hybridized carbons (Fsp3) is 0.571. The van der Waals surface area contributed by atoms with E-state index in [0.29, 0.717) is 11.9 Å². The van der Waals surface area contributed by atoms with E-state index < -0.39 is 0 Å². The molecule has 0 amide bonds. The molecule has 5 nitrogen and oxygen atoms in total. The Kier molecular flexibility index (Phi) is 5.18. The Morgan fingerprint density at radius 2 is 2.10 bits per heavy atom. The van der Waals surface area contributed by atoms with Crippen LogP contribution in [0, 0.1) is 6.92 Å². The summed E-state index contributed by atoms with van der Waals surface area (Å²) < 4.78 is 4.36. The molecule has 0 spiro atoms. The smallest absolute Gasteiger partial charge is 0.148 e. The molecule has 1 unspecified atom stereocenters. The Bertz CT molecular complexity index is 590. The summed E-state index contributed by atoms with van der Waals surface area (Å²) in [5.74, 6) is 0.579. The Morgan fingerprint density at radius 3 is 2.62 bits per heavy atom. The van der Waals surface area contributed by atoms with E-state index in [9.17, 15) is 0 Å². The standard InChI is InChI=1S/C14H23N5S2/c1-6-19(9(2)7-18(4)5)14-12(13(15)17-21-14)11-8-20-10(3)16-11/h8-9H,6-7H2,1-5H3,(H2,15,17). The van der Waals surface area contributed by atoms with Gasteiger partial charge in [-0.1, -0.05) is 0 Å². The minimum atomic E-state index is 0.392. The third-order valence-electron chi connectivity index (χ3n) is 3.34. The van der Waals surface area contributed by atoms with E-state index in [1.54, 1.807) is 11.3 Å². The van der Waals surface area contributed by atoms with E-state index in [2.05, 4.69) is 52.5 Å². The molecule has 0 aromatic carbocycles. The number of rotatable bonds is 6. The maximum atomic E-state index is 6.10. The lowest BCUT2D eigenvalue weighted by molar-refractivity contribution is 0.373. The number of nitrogens with zero attached hydrogens (tertiary/aromatic N) is 4. The van der Waals surface area contributed by atoms with E-state index in [1.165, 1.54) is 11.5 Å². The topological polar surface area (TPSA) is 58.3 Å². The van der Waals surface area contributed by atoms with Crippen LogP contribution in [0.3, 0.4) is 0 Å². The minimum Gasteiger partial charge on any atom is -0.382 e. The molecule has 0 aliphatic carbocycles. The number of thiazole rings is 1. The number of aryl methyl sites for hydroxylation is 1. The third kappa shape index (κ3) is 3.53. The molecule has 116 valence electrons. The summed E-state index contributed by atoms with van der Waals surface area (Å²) in [7, 11) is 4.19. The molecule has 7 heteroatoms.